The van der Waals surface area contributed by atoms with Crippen molar-refractivity contribution in [2.24, 2.45) is 0 Å². The fourth-order valence-electron chi connectivity index (χ4n) is 11.4. The predicted octanol–water partition coefficient (Wildman–Crippen LogP) is 17.0. The Bertz CT molecular complexity index is 3440. The van der Waals surface area contributed by atoms with Crippen LogP contribution in [-0.2, 0) is 11.8 Å². The van der Waals surface area contributed by atoms with Crippen molar-refractivity contribution in [2.75, 3.05) is 4.90 Å². The van der Waals surface area contributed by atoms with Gasteiger partial charge in [-0.25, -0.2) is 0 Å². The maximum absolute atomic E-state index is 2.50. The average Bonchev–Trinajstić information content (AvgIpc) is 3.86. The van der Waals surface area contributed by atoms with E-state index in [2.05, 4.69) is 254 Å². The summed E-state index contributed by atoms with van der Waals surface area (Å²) in [5.74, 6) is 0. The van der Waals surface area contributed by atoms with Crippen molar-refractivity contribution in [1.29, 1.82) is 0 Å². The molecule has 0 saturated heterocycles. The van der Waals surface area contributed by atoms with E-state index in [0.29, 0.717) is 0 Å². The van der Waals surface area contributed by atoms with Gasteiger partial charge in [-0.05, 0) is 149 Å². The lowest BCUT2D eigenvalue weighted by Gasteiger charge is -2.32. The van der Waals surface area contributed by atoms with Gasteiger partial charge in [0.25, 0.3) is 0 Å². The van der Waals surface area contributed by atoms with Crippen LogP contribution in [0.5, 0.6) is 0 Å². The minimum Gasteiger partial charge on any atom is -0.310 e. The Hall–Kier alpha value is -8.26. The molecule has 10 aromatic rings. The van der Waals surface area contributed by atoms with Crippen LogP contribution in [0.4, 0.5) is 17.1 Å². The highest BCUT2D eigenvalue weighted by molar-refractivity contribution is 5.97. The zero-order valence-electron chi connectivity index (χ0n) is 36.5. The average molecular weight is 840 g/mol. The molecule has 0 N–H and O–H groups in total. The summed E-state index contributed by atoms with van der Waals surface area (Å²) in [7, 11) is 0. The first-order valence-electron chi connectivity index (χ1n) is 23.2. The number of benzene rings is 10. The molecule has 0 aromatic heterocycles. The van der Waals surface area contributed by atoms with Gasteiger partial charge in [-0.2, -0.15) is 0 Å². The molecule has 310 valence electrons. The zero-order valence-corrected chi connectivity index (χ0v) is 36.5. The number of allylic oxidation sites excluding steroid dienone is 1. The summed E-state index contributed by atoms with van der Waals surface area (Å²) in [6.07, 6.45) is 4.48. The maximum atomic E-state index is 2.50. The molecule has 0 bridgehead atoms. The molecule has 66 heavy (non-hydrogen) atoms. The second kappa shape index (κ2) is 15.5. The Labute approximate surface area is 387 Å². The smallest absolute Gasteiger partial charge is 0.0726 e. The number of aryl methyl sites for hydroxylation is 1. The lowest BCUT2D eigenvalue weighted by Crippen LogP contribution is -2.26. The Balaban J connectivity index is 1.00. The fraction of sp³-hybridized carbons (Fsp3) is 0.0462. The van der Waals surface area contributed by atoms with Gasteiger partial charge in [0.15, 0.2) is 0 Å². The molecule has 0 unspecified atom stereocenters. The first kappa shape index (κ1) is 38.2. The van der Waals surface area contributed by atoms with E-state index in [0.717, 1.165) is 29.9 Å². The summed E-state index contributed by atoms with van der Waals surface area (Å²) in [5.41, 5.74) is 26.1. The first-order valence-corrected chi connectivity index (χ1v) is 23.2. The topological polar surface area (TPSA) is 3.24 Å². The van der Waals surface area contributed by atoms with Crippen LogP contribution in [0, 0.1) is 0 Å². The van der Waals surface area contributed by atoms with Crippen LogP contribution in [-0.4, -0.2) is 0 Å². The molecule has 0 atom stereocenters. The van der Waals surface area contributed by atoms with Gasteiger partial charge in [-0.1, -0.05) is 212 Å². The molecule has 0 radical (unpaired) electrons. The van der Waals surface area contributed by atoms with Crippen molar-refractivity contribution in [3.63, 3.8) is 0 Å². The van der Waals surface area contributed by atoms with Gasteiger partial charge in [-0.3, -0.25) is 0 Å². The van der Waals surface area contributed by atoms with Gasteiger partial charge in [0, 0.05) is 17.1 Å². The second-order valence-corrected chi connectivity index (χ2v) is 17.9. The number of hydrogen-bond donors (Lipinski definition) is 0. The van der Waals surface area contributed by atoms with Crippen molar-refractivity contribution < 1.29 is 0 Å². The third kappa shape index (κ3) is 6.01. The molecule has 0 heterocycles. The standard InChI is InChI=1S/C65H45N/c1-3-15-44(16-4-1)46-27-30-49(31-28-46)55-39-37-53(42-60(55)48-18-5-2-6-19-48)66(52-35-33-47(34-36-52)51-32-29-45-17-7-8-20-50(45)41-51)54-38-40-59-58-23-11-14-26-63(58)65(64(59)43-54)61-24-12-9-21-56(61)57-22-10-13-25-62(57)65/h1-28,30-31,33-43H,29,32H2. The lowest BCUT2D eigenvalue weighted by atomic mass is 9.70. The summed E-state index contributed by atoms with van der Waals surface area (Å²) in [6, 6.07) is 90.2. The molecule has 0 saturated carbocycles. The normalized spacial score (nSPS) is 13.5. The van der Waals surface area contributed by atoms with E-state index in [1.54, 1.807) is 0 Å². The zero-order chi connectivity index (χ0) is 43.6. The largest absolute Gasteiger partial charge is 0.310 e. The van der Waals surface area contributed by atoms with E-state index in [4.69, 9.17) is 0 Å². The number of rotatable bonds is 7. The van der Waals surface area contributed by atoms with Gasteiger partial charge < -0.3 is 4.90 Å². The molecule has 1 spiro atoms. The summed E-state index contributed by atoms with van der Waals surface area (Å²) >= 11 is 0. The van der Waals surface area contributed by atoms with Gasteiger partial charge in [0.2, 0.25) is 0 Å². The number of hydrogen-bond acceptors (Lipinski definition) is 1. The van der Waals surface area contributed by atoms with Gasteiger partial charge in [-0.15, -0.1) is 0 Å². The van der Waals surface area contributed by atoms with Crippen molar-refractivity contribution in [3.8, 4) is 55.6 Å². The molecule has 13 rings (SSSR count). The highest BCUT2D eigenvalue weighted by atomic mass is 15.1. The van der Waals surface area contributed by atoms with E-state index in [9.17, 15) is 0 Å². The van der Waals surface area contributed by atoms with E-state index >= 15 is 0 Å². The maximum Gasteiger partial charge on any atom is 0.0726 e. The number of fused-ring (bicyclic) bond motifs is 11. The SMILES string of the molecule is C1=C(c2ccc(N(c3ccc(-c4ccc(-c5ccccc5)cc4)c(-c4ccccc4)c3)c3ccc4c(c3)C3(c5ccccc5-c5ccccc53)c3ccccc3-4)cc2)CCc2ccccc21. The molecular weight excluding hydrogens is 795 g/mol. The lowest BCUT2D eigenvalue weighted by molar-refractivity contribution is 0.793. The van der Waals surface area contributed by atoms with Crippen LogP contribution in [0.2, 0.25) is 0 Å². The Morgan fingerprint density at radius 2 is 0.742 bits per heavy atom. The molecule has 1 nitrogen and oxygen atoms in total. The second-order valence-electron chi connectivity index (χ2n) is 17.9. The van der Waals surface area contributed by atoms with E-state index in [1.807, 2.05) is 0 Å². The van der Waals surface area contributed by atoms with Gasteiger partial charge >= 0.3 is 0 Å². The quantitative estimate of drug-likeness (QED) is 0.155. The van der Waals surface area contributed by atoms with Crippen LogP contribution in [0.25, 0.3) is 67.3 Å². The molecule has 1 heteroatoms. The van der Waals surface area contributed by atoms with Crippen LogP contribution in [0.15, 0.2) is 243 Å². The Kier molecular flexibility index (Phi) is 8.96. The summed E-state index contributed by atoms with van der Waals surface area (Å²) in [5, 5.41) is 0. The Morgan fingerprint density at radius 1 is 0.288 bits per heavy atom. The van der Waals surface area contributed by atoms with E-state index in [1.165, 1.54) is 100 Å². The third-order valence-electron chi connectivity index (χ3n) is 14.4. The molecule has 3 aliphatic carbocycles. The minimum atomic E-state index is -0.445. The van der Waals surface area contributed by atoms with Crippen LogP contribution in [0.3, 0.4) is 0 Å². The molecule has 3 aliphatic rings. The number of nitrogens with zero attached hydrogens (tertiary/aromatic N) is 1. The molecule has 0 aliphatic heterocycles. The fourth-order valence-corrected chi connectivity index (χ4v) is 11.4. The van der Waals surface area contributed by atoms with Crippen LogP contribution < -0.4 is 4.90 Å². The molecule has 10 aromatic carbocycles. The molecule has 0 fully saturated rings. The van der Waals surface area contributed by atoms with Crippen molar-refractivity contribution in [2.45, 2.75) is 18.3 Å². The predicted molar refractivity (Wildman–Crippen MR) is 276 cm³/mol. The summed E-state index contributed by atoms with van der Waals surface area (Å²) in [6.45, 7) is 0. The summed E-state index contributed by atoms with van der Waals surface area (Å²) in [4.78, 5) is 2.48. The van der Waals surface area contributed by atoms with Crippen molar-refractivity contribution in [3.05, 3.63) is 282 Å². The number of anilines is 3. The Morgan fingerprint density at radius 3 is 1.39 bits per heavy atom. The van der Waals surface area contributed by atoms with Crippen LogP contribution in [0.1, 0.15) is 45.4 Å². The van der Waals surface area contributed by atoms with Crippen molar-refractivity contribution >= 4 is 28.7 Å². The highest BCUT2D eigenvalue weighted by Crippen LogP contribution is 2.63. The van der Waals surface area contributed by atoms with Crippen LogP contribution >= 0.6 is 0 Å². The molecular formula is C65H45N. The van der Waals surface area contributed by atoms with Gasteiger partial charge in [0.05, 0.1) is 5.41 Å². The molecule has 0 amide bonds. The first-order chi connectivity index (χ1) is 32.7. The third-order valence-corrected chi connectivity index (χ3v) is 14.4. The van der Waals surface area contributed by atoms with Crippen molar-refractivity contribution in [1.82, 2.24) is 0 Å². The van der Waals surface area contributed by atoms with Gasteiger partial charge in [0.1, 0.15) is 0 Å². The monoisotopic (exact) mass is 839 g/mol. The summed E-state index contributed by atoms with van der Waals surface area (Å²) < 4.78 is 0. The van der Waals surface area contributed by atoms with E-state index in [-0.39, 0.29) is 0 Å². The highest BCUT2D eigenvalue weighted by Gasteiger charge is 2.51. The minimum absolute atomic E-state index is 0.445. The van der Waals surface area contributed by atoms with E-state index < -0.39 is 5.41 Å².